The maximum absolute atomic E-state index is 8.74. The number of hydrogen-bond donors (Lipinski definition) is 1. The molecule has 0 aliphatic heterocycles. The second kappa shape index (κ2) is 5.01. The van der Waals surface area contributed by atoms with E-state index in [1.54, 1.807) is 27.8 Å². The van der Waals surface area contributed by atoms with E-state index >= 15 is 0 Å². The Morgan fingerprint density at radius 3 is 3.05 bits per heavy atom. The van der Waals surface area contributed by atoms with E-state index in [2.05, 4.69) is 26.6 Å². The zero-order chi connectivity index (χ0) is 13.9. The molecule has 0 saturated heterocycles. The number of anilines is 1. The molecule has 0 saturated carbocycles. The Morgan fingerprint density at radius 2 is 2.25 bits per heavy atom. The van der Waals surface area contributed by atoms with Crippen LogP contribution in [-0.2, 0) is 6.54 Å². The quantitative estimate of drug-likeness (QED) is 0.768. The molecule has 3 rings (SSSR count). The van der Waals surface area contributed by atoms with Gasteiger partial charge in [-0.3, -0.25) is 4.68 Å². The third-order valence-corrected chi connectivity index (χ3v) is 3.01. The lowest BCUT2D eigenvalue weighted by atomic mass is 10.3. The second-order valence-electron chi connectivity index (χ2n) is 4.43. The molecule has 3 aromatic rings. The fraction of sp³-hybridized carbons (Fsp3) is 0.231. The van der Waals surface area contributed by atoms with Crippen molar-refractivity contribution in [2.75, 3.05) is 11.9 Å². The van der Waals surface area contributed by atoms with Crippen LogP contribution in [0.5, 0.6) is 0 Å². The third kappa shape index (κ3) is 2.19. The van der Waals surface area contributed by atoms with Crippen LogP contribution in [0.2, 0.25) is 0 Å². The number of aromatic nitrogens is 5. The molecular weight excluding hydrogens is 254 g/mol. The zero-order valence-electron chi connectivity index (χ0n) is 11.0. The lowest BCUT2D eigenvalue weighted by Gasteiger charge is -2.07. The molecule has 0 aliphatic carbocycles. The predicted molar refractivity (Wildman–Crippen MR) is 73.2 cm³/mol. The Morgan fingerprint density at radius 1 is 1.35 bits per heavy atom. The van der Waals surface area contributed by atoms with Crippen molar-refractivity contribution < 1.29 is 0 Å². The molecule has 0 aromatic carbocycles. The predicted octanol–water partition coefficient (Wildman–Crippen LogP) is 1.22. The van der Waals surface area contributed by atoms with Gasteiger partial charge in [0.15, 0.2) is 5.82 Å². The number of nitrogens with one attached hydrogen (secondary N) is 1. The van der Waals surface area contributed by atoms with Crippen molar-refractivity contribution >= 4 is 11.3 Å². The second-order valence-corrected chi connectivity index (χ2v) is 4.43. The number of fused-ring (bicyclic) bond motifs is 1. The van der Waals surface area contributed by atoms with Gasteiger partial charge in [-0.15, -0.1) is 0 Å². The van der Waals surface area contributed by atoms with Crippen LogP contribution >= 0.6 is 0 Å². The molecule has 0 atom stereocenters. The number of rotatable bonds is 4. The van der Waals surface area contributed by atoms with Crippen LogP contribution in [0.4, 0.5) is 5.82 Å². The highest BCUT2D eigenvalue weighted by Gasteiger charge is 2.06. The highest BCUT2D eigenvalue weighted by Crippen LogP contribution is 2.16. The topological polar surface area (TPSA) is 83.8 Å². The SMILES string of the molecule is Cc1cnn2ccnc(NCCn3cc(C#N)cn3)c12. The maximum Gasteiger partial charge on any atom is 0.152 e. The number of aryl methyl sites for hydroxylation is 1. The van der Waals surface area contributed by atoms with E-state index in [9.17, 15) is 0 Å². The summed E-state index contributed by atoms with van der Waals surface area (Å²) in [6.07, 6.45) is 8.62. The van der Waals surface area contributed by atoms with Gasteiger partial charge in [0.2, 0.25) is 0 Å². The molecule has 0 aliphatic rings. The molecule has 3 aromatic heterocycles. The zero-order valence-corrected chi connectivity index (χ0v) is 11.0. The van der Waals surface area contributed by atoms with E-state index in [-0.39, 0.29) is 0 Å². The van der Waals surface area contributed by atoms with Crippen molar-refractivity contribution in [1.29, 1.82) is 5.26 Å². The van der Waals surface area contributed by atoms with Gasteiger partial charge >= 0.3 is 0 Å². The Bertz CT molecular complexity index is 777. The average Bonchev–Trinajstić information content (AvgIpc) is 3.07. The molecule has 0 amide bonds. The van der Waals surface area contributed by atoms with E-state index in [0.717, 1.165) is 16.9 Å². The van der Waals surface area contributed by atoms with Crippen molar-refractivity contribution in [3.63, 3.8) is 0 Å². The maximum atomic E-state index is 8.74. The summed E-state index contributed by atoms with van der Waals surface area (Å²) in [7, 11) is 0. The lowest BCUT2D eigenvalue weighted by Crippen LogP contribution is -2.12. The molecule has 0 unspecified atom stereocenters. The van der Waals surface area contributed by atoms with Crippen molar-refractivity contribution in [2.45, 2.75) is 13.5 Å². The van der Waals surface area contributed by atoms with Crippen LogP contribution in [0.25, 0.3) is 5.52 Å². The van der Waals surface area contributed by atoms with Gasteiger partial charge in [0.05, 0.1) is 24.5 Å². The van der Waals surface area contributed by atoms with E-state index in [1.807, 2.05) is 19.3 Å². The van der Waals surface area contributed by atoms with Crippen LogP contribution in [0.1, 0.15) is 11.1 Å². The molecule has 0 radical (unpaired) electrons. The summed E-state index contributed by atoms with van der Waals surface area (Å²) in [5, 5.41) is 20.4. The molecule has 1 N–H and O–H groups in total. The summed E-state index contributed by atoms with van der Waals surface area (Å²) in [4.78, 5) is 4.34. The summed E-state index contributed by atoms with van der Waals surface area (Å²) >= 11 is 0. The Hall–Kier alpha value is -2.88. The molecule has 0 fully saturated rings. The number of nitriles is 1. The Balaban J connectivity index is 1.71. The molecule has 0 spiro atoms. The first-order valence-corrected chi connectivity index (χ1v) is 6.23. The van der Waals surface area contributed by atoms with E-state index < -0.39 is 0 Å². The van der Waals surface area contributed by atoms with Crippen LogP contribution in [0, 0.1) is 18.3 Å². The Labute approximate surface area is 115 Å². The minimum Gasteiger partial charge on any atom is -0.366 e. The van der Waals surface area contributed by atoms with Gasteiger partial charge in [-0.25, -0.2) is 9.50 Å². The lowest BCUT2D eigenvalue weighted by molar-refractivity contribution is 0.637. The van der Waals surface area contributed by atoms with Gasteiger partial charge < -0.3 is 5.32 Å². The largest absolute Gasteiger partial charge is 0.366 e. The first kappa shape index (κ1) is 12.2. The molecule has 0 bridgehead atoms. The third-order valence-electron chi connectivity index (χ3n) is 3.01. The molecule has 100 valence electrons. The monoisotopic (exact) mass is 267 g/mol. The Kier molecular flexibility index (Phi) is 3.05. The molecule has 3 heterocycles. The fourth-order valence-electron chi connectivity index (χ4n) is 2.05. The van der Waals surface area contributed by atoms with Gasteiger partial charge in [0, 0.05) is 25.1 Å². The van der Waals surface area contributed by atoms with Gasteiger partial charge in [-0.2, -0.15) is 15.5 Å². The average molecular weight is 267 g/mol. The summed E-state index contributed by atoms with van der Waals surface area (Å²) in [6.45, 7) is 3.34. The standard InChI is InChI=1S/C13H13N7/c1-10-7-18-20-5-3-16-13(12(10)20)15-2-4-19-9-11(6-14)8-17-19/h3,5,7-9H,2,4H2,1H3,(H,15,16). The summed E-state index contributed by atoms with van der Waals surface area (Å²) in [5.74, 6) is 0.801. The highest BCUT2D eigenvalue weighted by molar-refractivity contribution is 5.71. The van der Waals surface area contributed by atoms with Gasteiger partial charge in [0.25, 0.3) is 0 Å². The van der Waals surface area contributed by atoms with Crippen LogP contribution in [0.3, 0.4) is 0 Å². The van der Waals surface area contributed by atoms with Gasteiger partial charge in [-0.05, 0) is 12.5 Å². The normalized spacial score (nSPS) is 10.6. The number of hydrogen-bond acceptors (Lipinski definition) is 5. The first-order valence-electron chi connectivity index (χ1n) is 6.23. The van der Waals surface area contributed by atoms with Crippen LogP contribution < -0.4 is 5.32 Å². The van der Waals surface area contributed by atoms with Crippen LogP contribution in [-0.4, -0.2) is 30.9 Å². The van der Waals surface area contributed by atoms with Gasteiger partial charge in [0.1, 0.15) is 11.6 Å². The first-order chi connectivity index (χ1) is 9.78. The van der Waals surface area contributed by atoms with Gasteiger partial charge in [-0.1, -0.05) is 0 Å². The van der Waals surface area contributed by atoms with Crippen molar-refractivity contribution in [3.8, 4) is 6.07 Å². The molecule has 7 heteroatoms. The smallest absolute Gasteiger partial charge is 0.152 e. The highest BCUT2D eigenvalue weighted by atomic mass is 15.3. The van der Waals surface area contributed by atoms with Crippen molar-refractivity contribution in [3.05, 3.63) is 42.1 Å². The minimum absolute atomic E-state index is 0.567. The van der Waals surface area contributed by atoms with E-state index in [0.29, 0.717) is 18.7 Å². The summed E-state index contributed by atoms with van der Waals surface area (Å²) in [6, 6.07) is 2.06. The molecular formula is C13H13N7. The summed E-state index contributed by atoms with van der Waals surface area (Å²) in [5.41, 5.74) is 2.62. The van der Waals surface area contributed by atoms with Crippen molar-refractivity contribution in [2.24, 2.45) is 0 Å². The minimum atomic E-state index is 0.567. The number of nitrogens with zero attached hydrogens (tertiary/aromatic N) is 6. The van der Waals surface area contributed by atoms with Crippen molar-refractivity contribution in [1.82, 2.24) is 24.4 Å². The van der Waals surface area contributed by atoms with Crippen LogP contribution in [0.15, 0.2) is 31.0 Å². The molecule has 7 nitrogen and oxygen atoms in total. The fourth-order valence-corrected chi connectivity index (χ4v) is 2.05. The van der Waals surface area contributed by atoms with E-state index in [4.69, 9.17) is 5.26 Å². The summed E-state index contributed by atoms with van der Waals surface area (Å²) < 4.78 is 3.53. The molecule has 20 heavy (non-hydrogen) atoms. The van der Waals surface area contributed by atoms with E-state index in [1.165, 1.54) is 0 Å².